The standard InChI is InChI=1S/C5H6Cl2N4O/c1-2-3(5(2,6)7)11-4(12)8-9-10-11/h2-3H,1H3,(H,8,10,12). The van der Waals surface area contributed by atoms with Crippen LogP contribution >= 0.6 is 23.2 Å². The molecule has 1 aromatic rings. The van der Waals surface area contributed by atoms with Crippen LogP contribution in [-0.4, -0.2) is 24.5 Å². The first-order chi connectivity index (χ1) is 5.55. The molecule has 2 unspecified atom stereocenters. The van der Waals surface area contributed by atoms with Gasteiger partial charge in [0.2, 0.25) is 0 Å². The van der Waals surface area contributed by atoms with Crippen molar-refractivity contribution in [3.63, 3.8) is 0 Å². The minimum Gasteiger partial charge on any atom is -0.245 e. The Morgan fingerprint density at radius 3 is 2.58 bits per heavy atom. The number of nitrogens with one attached hydrogen (secondary N) is 1. The number of nitrogens with zero attached hydrogens (tertiary/aromatic N) is 3. The molecule has 1 aliphatic carbocycles. The van der Waals surface area contributed by atoms with Gasteiger partial charge in [-0.15, -0.1) is 0 Å². The third-order valence-electron chi connectivity index (χ3n) is 2.12. The van der Waals surface area contributed by atoms with Crippen LogP contribution in [0.1, 0.15) is 13.0 Å². The SMILES string of the molecule is CC1C(n2nn[nH]c2=O)C1(Cl)Cl. The average molecular weight is 209 g/mol. The van der Waals surface area contributed by atoms with Crippen molar-refractivity contribution in [2.24, 2.45) is 5.92 Å². The highest BCUT2D eigenvalue weighted by molar-refractivity contribution is 6.51. The zero-order valence-electron chi connectivity index (χ0n) is 6.16. The van der Waals surface area contributed by atoms with E-state index in [1.807, 2.05) is 6.92 Å². The maximum atomic E-state index is 11.0. The molecule has 0 amide bonds. The normalized spacial score (nSPS) is 31.9. The van der Waals surface area contributed by atoms with Crippen molar-refractivity contribution in [1.29, 1.82) is 0 Å². The minimum atomic E-state index is -0.874. The molecule has 2 atom stereocenters. The summed E-state index contributed by atoms with van der Waals surface area (Å²) in [4.78, 5) is 11.0. The Bertz CT molecular complexity index is 356. The van der Waals surface area contributed by atoms with Gasteiger partial charge in [-0.2, -0.15) is 4.68 Å². The molecule has 1 N–H and O–H groups in total. The van der Waals surface area contributed by atoms with Gasteiger partial charge in [0.15, 0.2) is 0 Å². The average Bonchev–Trinajstić information content (AvgIpc) is 2.39. The zero-order valence-corrected chi connectivity index (χ0v) is 7.67. The molecule has 1 saturated carbocycles. The maximum Gasteiger partial charge on any atom is 0.361 e. The molecule has 0 bridgehead atoms. The monoisotopic (exact) mass is 208 g/mol. The summed E-state index contributed by atoms with van der Waals surface area (Å²) in [7, 11) is 0. The fraction of sp³-hybridized carbons (Fsp3) is 0.800. The van der Waals surface area contributed by atoms with Gasteiger partial charge in [0.1, 0.15) is 4.33 Å². The van der Waals surface area contributed by atoms with E-state index in [0.717, 1.165) is 0 Å². The molecule has 2 rings (SSSR count). The summed E-state index contributed by atoms with van der Waals surface area (Å²) in [5.74, 6) is 0.0311. The highest BCUT2D eigenvalue weighted by Gasteiger charge is 2.63. The van der Waals surface area contributed by atoms with Crippen LogP contribution in [0, 0.1) is 5.92 Å². The molecule has 0 aliphatic heterocycles. The zero-order chi connectivity index (χ0) is 8.93. The molecule has 66 valence electrons. The third kappa shape index (κ3) is 0.895. The summed E-state index contributed by atoms with van der Waals surface area (Å²) in [6, 6.07) is -0.257. The first kappa shape index (κ1) is 8.07. The fourth-order valence-electron chi connectivity index (χ4n) is 1.22. The highest BCUT2D eigenvalue weighted by Crippen LogP contribution is 2.61. The quantitative estimate of drug-likeness (QED) is 0.678. The van der Waals surface area contributed by atoms with E-state index >= 15 is 0 Å². The Balaban J connectivity index is 2.37. The largest absolute Gasteiger partial charge is 0.361 e. The van der Waals surface area contributed by atoms with Crippen LogP contribution in [0.5, 0.6) is 0 Å². The van der Waals surface area contributed by atoms with Crippen molar-refractivity contribution in [3.05, 3.63) is 10.5 Å². The van der Waals surface area contributed by atoms with Gasteiger partial charge in [-0.25, -0.2) is 9.89 Å². The van der Waals surface area contributed by atoms with Crippen molar-refractivity contribution in [2.75, 3.05) is 0 Å². The van der Waals surface area contributed by atoms with Crippen molar-refractivity contribution in [3.8, 4) is 0 Å². The van der Waals surface area contributed by atoms with Gasteiger partial charge in [-0.05, 0) is 10.4 Å². The summed E-state index contributed by atoms with van der Waals surface area (Å²) in [5, 5.41) is 9.07. The lowest BCUT2D eigenvalue weighted by atomic mass is 10.5. The van der Waals surface area contributed by atoms with Crippen molar-refractivity contribution < 1.29 is 0 Å². The van der Waals surface area contributed by atoms with Crippen molar-refractivity contribution in [1.82, 2.24) is 20.2 Å². The van der Waals surface area contributed by atoms with Gasteiger partial charge >= 0.3 is 5.69 Å². The molecule has 1 aliphatic rings. The first-order valence-electron chi connectivity index (χ1n) is 3.43. The number of rotatable bonds is 1. The Hall–Kier alpha value is -0.550. The van der Waals surface area contributed by atoms with E-state index in [1.54, 1.807) is 0 Å². The molecule has 0 spiro atoms. The Morgan fingerprint density at radius 1 is 1.67 bits per heavy atom. The highest BCUT2D eigenvalue weighted by atomic mass is 35.5. The summed E-state index contributed by atoms with van der Waals surface area (Å²) < 4.78 is 0.297. The number of alkyl halides is 2. The fourth-order valence-corrected chi connectivity index (χ4v) is 1.90. The van der Waals surface area contributed by atoms with Gasteiger partial charge in [-0.1, -0.05) is 30.1 Å². The lowest BCUT2D eigenvalue weighted by molar-refractivity contribution is 0.562. The minimum absolute atomic E-state index is 0.0311. The number of hydrogen-bond acceptors (Lipinski definition) is 3. The van der Waals surface area contributed by atoms with Crippen LogP contribution in [0.25, 0.3) is 0 Å². The molecular formula is C5H6Cl2N4O. The molecule has 7 heteroatoms. The second-order valence-corrected chi connectivity index (χ2v) is 4.30. The van der Waals surface area contributed by atoms with E-state index in [0.29, 0.717) is 0 Å². The molecular weight excluding hydrogens is 203 g/mol. The number of halogens is 2. The van der Waals surface area contributed by atoms with Crippen molar-refractivity contribution >= 4 is 23.2 Å². The number of H-pyrrole nitrogens is 1. The molecule has 0 saturated heterocycles. The van der Waals surface area contributed by atoms with E-state index in [1.165, 1.54) is 4.68 Å². The smallest absolute Gasteiger partial charge is 0.245 e. The summed E-state index contributed by atoms with van der Waals surface area (Å²) in [6.45, 7) is 1.85. The summed E-state index contributed by atoms with van der Waals surface area (Å²) in [5.41, 5.74) is -0.380. The molecule has 0 aromatic carbocycles. The molecule has 5 nitrogen and oxygen atoms in total. The Morgan fingerprint density at radius 2 is 2.25 bits per heavy atom. The van der Waals surface area contributed by atoms with Gasteiger partial charge < -0.3 is 0 Å². The lowest BCUT2D eigenvalue weighted by Gasteiger charge is -1.94. The van der Waals surface area contributed by atoms with Gasteiger partial charge in [0, 0.05) is 5.92 Å². The van der Waals surface area contributed by atoms with E-state index in [2.05, 4.69) is 15.5 Å². The molecule has 12 heavy (non-hydrogen) atoms. The molecule has 1 fully saturated rings. The van der Waals surface area contributed by atoms with E-state index in [9.17, 15) is 4.79 Å². The van der Waals surface area contributed by atoms with Gasteiger partial charge in [0.25, 0.3) is 0 Å². The number of aromatic amines is 1. The van der Waals surface area contributed by atoms with Crippen molar-refractivity contribution in [2.45, 2.75) is 17.3 Å². The summed E-state index contributed by atoms with van der Waals surface area (Å²) in [6.07, 6.45) is 0. The van der Waals surface area contributed by atoms with Crippen LogP contribution in [0.2, 0.25) is 0 Å². The second-order valence-electron chi connectivity index (χ2n) is 2.86. The van der Waals surface area contributed by atoms with Crippen LogP contribution < -0.4 is 5.69 Å². The second kappa shape index (κ2) is 2.23. The summed E-state index contributed by atoms with van der Waals surface area (Å²) >= 11 is 11.7. The molecule has 1 heterocycles. The maximum absolute atomic E-state index is 11.0. The van der Waals surface area contributed by atoms with Crippen LogP contribution in [-0.2, 0) is 0 Å². The van der Waals surface area contributed by atoms with E-state index < -0.39 is 4.33 Å². The van der Waals surface area contributed by atoms with Gasteiger partial charge in [-0.3, -0.25) is 0 Å². The van der Waals surface area contributed by atoms with E-state index in [-0.39, 0.29) is 17.6 Å². The predicted molar refractivity (Wildman–Crippen MR) is 43.3 cm³/mol. The predicted octanol–water partition coefficient (Wildman–Crippen LogP) is 0.331. The van der Waals surface area contributed by atoms with Gasteiger partial charge in [0.05, 0.1) is 6.04 Å². The Kier molecular flexibility index (Phi) is 1.50. The topological polar surface area (TPSA) is 63.6 Å². The number of aromatic nitrogens is 4. The molecule has 0 radical (unpaired) electrons. The van der Waals surface area contributed by atoms with Crippen LogP contribution in [0.4, 0.5) is 0 Å². The molecule has 1 aromatic heterocycles. The van der Waals surface area contributed by atoms with Crippen LogP contribution in [0.15, 0.2) is 4.79 Å². The first-order valence-corrected chi connectivity index (χ1v) is 4.18. The lowest BCUT2D eigenvalue weighted by Crippen LogP contribution is -2.19. The number of tetrazole rings is 1. The Labute approximate surface area is 77.6 Å². The van der Waals surface area contributed by atoms with E-state index in [4.69, 9.17) is 23.2 Å². The number of hydrogen-bond donors (Lipinski definition) is 1. The third-order valence-corrected chi connectivity index (χ3v) is 3.26. The van der Waals surface area contributed by atoms with Crippen LogP contribution in [0.3, 0.4) is 0 Å².